The Morgan fingerprint density at radius 2 is 1.90 bits per heavy atom. The predicted molar refractivity (Wildman–Crippen MR) is 153 cm³/mol. The predicted octanol–water partition coefficient (Wildman–Crippen LogP) is 3.43. The Balaban J connectivity index is 1.26. The first-order chi connectivity index (χ1) is 19.7. The van der Waals surface area contributed by atoms with Crippen LogP contribution in [0.2, 0.25) is 0 Å². The van der Waals surface area contributed by atoms with Crippen molar-refractivity contribution in [3.05, 3.63) is 98.9 Å². The molecule has 41 heavy (non-hydrogen) atoms. The highest BCUT2D eigenvalue weighted by atomic mass is 32.2. The van der Waals surface area contributed by atoms with Crippen LogP contribution in [0.1, 0.15) is 22.9 Å². The molecular formula is C26H20FN7O4S3. The van der Waals surface area contributed by atoms with Gasteiger partial charge in [0.1, 0.15) is 11.2 Å². The Labute approximate surface area is 240 Å². The Morgan fingerprint density at radius 1 is 1.15 bits per heavy atom. The molecule has 0 aliphatic carbocycles. The summed E-state index contributed by atoms with van der Waals surface area (Å²) in [6, 6.07) is 15.1. The number of hydrazone groups is 1. The summed E-state index contributed by atoms with van der Waals surface area (Å²) in [6.45, 7) is 0. The van der Waals surface area contributed by atoms with E-state index < -0.39 is 21.6 Å². The van der Waals surface area contributed by atoms with Gasteiger partial charge in [-0.15, -0.1) is 11.3 Å². The number of hydrogen-bond acceptors (Lipinski definition) is 9. The molecule has 0 saturated heterocycles. The van der Waals surface area contributed by atoms with Gasteiger partial charge in [-0.05, 0) is 53.4 Å². The van der Waals surface area contributed by atoms with Crippen LogP contribution < -0.4 is 10.7 Å². The Hall–Kier alpha value is -4.18. The van der Waals surface area contributed by atoms with Crippen LogP contribution >= 0.6 is 23.1 Å². The molecule has 3 N–H and O–H groups in total. The van der Waals surface area contributed by atoms with E-state index in [-0.39, 0.29) is 38.6 Å². The van der Waals surface area contributed by atoms with Gasteiger partial charge in [0.2, 0.25) is 10.0 Å². The summed E-state index contributed by atoms with van der Waals surface area (Å²) >= 11 is 2.56. The smallest absolute Gasteiger partial charge is 0.262 e. The molecule has 1 aliphatic heterocycles. The number of amides is 1. The highest BCUT2D eigenvalue weighted by molar-refractivity contribution is 7.99. The first kappa shape index (κ1) is 27.0. The second-order valence-electron chi connectivity index (χ2n) is 9.03. The van der Waals surface area contributed by atoms with Gasteiger partial charge in [0.15, 0.2) is 10.8 Å². The zero-order valence-corrected chi connectivity index (χ0v) is 23.4. The zero-order chi connectivity index (χ0) is 28.7. The van der Waals surface area contributed by atoms with Gasteiger partial charge in [0, 0.05) is 6.42 Å². The highest BCUT2D eigenvalue weighted by Crippen LogP contribution is 2.34. The summed E-state index contributed by atoms with van der Waals surface area (Å²) in [7, 11) is -3.87. The fraction of sp³-hybridized carbons (Fsp3) is 0.115. The molecule has 1 unspecified atom stereocenters. The number of aromatic nitrogens is 4. The lowest BCUT2D eigenvalue weighted by molar-refractivity contribution is -0.130. The van der Waals surface area contributed by atoms with Crippen molar-refractivity contribution in [1.29, 1.82) is 0 Å². The summed E-state index contributed by atoms with van der Waals surface area (Å²) in [5.41, 5.74) is 1.77. The third-order valence-electron chi connectivity index (χ3n) is 6.38. The number of aromatic amines is 1. The molecule has 3 aromatic heterocycles. The maximum Gasteiger partial charge on any atom is 0.262 e. The molecule has 11 nitrogen and oxygen atoms in total. The number of primary sulfonamides is 1. The van der Waals surface area contributed by atoms with Crippen LogP contribution in [0.5, 0.6) is 0 Å². The maximum absolute atomic E-state index is 13.6. The molecule has 6 rings (SSSR count). The molecular weight excluding hydrogens is 590 g/mol. The lowest BCUT2D eigenvalue weighted by Crippen LogP contribution is -2.28. The molecule has 1 aliphatic rings. The maximum atomic E-state index is 13.6. The van der Waals surface area contributed by atoms with E-state index in [1.54, 1.807) is 12.1 Å². The van der Waals surface area contributed by atoms with Crippen LogP contribution in [-0.2, 0) is 14.8 Å². The van der Waals surface area contributed by atoms with Crippen molar-refractivity contribution < 1.29 is 17.6 Å². The molecule has 1 amide bonds. The third kappa shape index (κ3) is 5.44. The van der Waals surface area contributed by atoms with Crippen LogP contribution in [0.25, 0.3) is 16.7 Å². The highest BCUT2D eigenvalue weighted by Gasteiger charge is 2.33. The van der Waals surface area contributed by atoms with Crippen LogP contribution in [0, 0.1) is 5.82 Å². The van der Waals surface area contributed by atoms with Crippen molar-refractivity contribution in [2.24, 2.45) is 10.2 Å². The lowest BCUT2D eigenvalue weighted by atomic mass is 10.0. The minimum absolute atomic E-state index is 0.0657. The molecule has 0 radical (unpaired) electrons. The summed E-state index contributed by atoms with van der Waals surface area (Å²) < 4.78 is 38.1. The van der Waals surface area contributed by atoms with Crippen molar-refractivity contribution in [3.63, 3.8) is 0 Å². The lowest BCUT2D eigenvalue weighted by Gasteiger charge is -2.21. The number of nitrogens with zero attached hydrogens (tertiary/aromatic N) is 5. The number of nitrogens with one attached hydrogen (secondary N) is 1. The fourth-order valence-corrected chi connectivity index (χ4v) is 6.35. The number of H-pyrrole nitrogens is 1. The van der Waals surface area contributed by atoms with E-state index in [0.29, 0.717) is 12.1 Å². The number of carbonyl (C=O) groups is 1. The molecule has 0 saturated carbocycles. The number of thiophene rings is 1. The monoisotopic (exact) mass is 609 g/mol. The van der Waals surface area contributed by atoms with E-state index in [2.05, 4.69) is 20.2 Å². The molecule has 4 heterocycles. The summed E-state index contributed by atoms with van der Waals surface area (Å²) in [4.78, 5) is 34.2. The van der Waals surface area contributed by atoms with E-state index in [0.717, 1.165) is 27.9 Å². The number of fused-ring (bicyclic) bond motifs is 1. The van der Waals surface area contributed by atoms with Crippen molar-refractivity contribution in [2.75, 3.05) is 5.75 Å². The standard InChI is InChI=1S/C26H20FN7O4S3/c27-16-5-3-15(4-6-16)21-12-20(22-2-1-11-39-22)32-34(21)23(35)14-40-26-30-24-19(25(36)31-26)13-29-33(24)17-7-9-18(10-8-17)41(28,37)38/h1-11,13,21H,12,14H2,(H2,28,37,38)(H,30,31,36). The molecule has 0 spiro atoms. The molecule has 5 aromatic rings. The van der Waals surface area contributed by atoms with Gasteiger partial charge in [-0.2, -0.15) is 10.2 Å². The first-order valence-corrected chi connectivity index (χ1v) is 15.5. The second kappa shape index (κ2) is 10.7. The Kier molecular flexibility index (Phi) is 7.03. The van der Waals surface area contributed by atoms with Gasteiger partial charge >= 0.3 is 0 Å². The number of benzene rings is 2. The number of thioether (sulfide) groups is 1. The van der Waals surface area contributed by atoms with E-state index in [4.69, 9.17) is 5.14 Å². The molecule has 1 atom stereocenters. The van der Waals surface area contributed by atoms with Gasteiger partial charge in [0.25, 0.3) is 11.5 Å². The molecule has 2 aromatic carbocycles. The van der Waals surface area contributed by atoms with E-state index in [1.165, 1.54) is 63.6 Å². The first-order valence-electron chi connectivity index (χ1n) is 12.1. The molecule has 15 heteroatoms. The largest absolute Gasteiger partial charge is 0.301 e. The van der Waals surface area contributed by atoms with Gasteiger partial charge in [0.05, 0.1) is 39.2 Å². The Morgan fingerprint density at radius 3 is 2.59 bits per heavy atom. The number of rotatable bonds is 7. The van der Waals surface area contributed by atoms with Crippen LogP contribution in [0.15, 0.2) is 92.2 Å². The quantitative estimate of drug-likeness (QED) is 0.211. The average molecular weight is 610 g/mol. The van der Waals surface area contributed by atoms with Crippen LogP contribution in [-0.4, -0.2) is 50.5 Å². The fourth-order valence-electron chi connectivity index (χ4n) is 4.41. The Bertz CT molecular complexity index is 1950. The minimum Gasteiger partial charge on any atom is -0.301 e. The van der Waals surface area contributed by atoms with Crippen molar-refractivity contribution in [2.45, 2.75) is 22.5 Å². The number of hydrogen-bond donors (Lipinski definition) is 2. The van der Waals surface area contributed by atoms with Gasteiger partial charge < -0.3 is 4.98 Å². The zero-order valence-electron chi connectivity index (χ0n) is 21.0. The molecule has 0 fully saturated rings. The number of nitrogens with two attached hydrogens (primary N) is 1. The average Bonchev–Trinajstić information content (AvgIpc) is 3.72. The van der Waals surface area contributed by atoms with E-state index >= 15 is 0 Å². The SMILES string of the molecule is NS(=O)(=O)c1ccc(-n2ncc3c(=O)[nH]c(SCC(=O)N4N=C(c5cccs5)CC4c4ccc(F)cc4)nc32)cc1. The number of sulfonamides is 1. The second-order valence-corrected chi connectivity index (χ2v) is 12.5. The summed E-state index contributed by atoms with van der Waals surface area (Å²) in [5.74, 6) is -0.764. The number of carbonyl (C=O) groups excluding carboxylic acids is 1. The van der Waals surface area contributed by atoms with Gasteiger partial charge in [-0.3, -0.25) is 9.59 Å². The van der Waals surface area contributed by atoms with E-state index in [9.17, 15) is 22.4 Å². The normalized spacial score (nSPS) is 15.4. The van der Waals surface area contributed by atoms with Crippen molar-refractivity contribution >= 4 is 55.8 Å². The van der Waals surface area contributed by atoms with Crippen molar-refractivity contribution in [3.8, 4) is 5.69 Å². The summed E-state index contributed by atoms with van der Waals surface area (Å²) in [6.07, 6.45) is 1.83. The van der Waals surface area contributed by atoms with Crippen molar-refractivity contribution in [1.82, 2.24) is 24.8 Å². The summed E-state index contributed by atoms with van der Waals surface area (Å²) in [5, 5.41) is 17.8. The van der Waals surface area contributed by atoms with E-state index in [1.807, 2.05) is 17.5 Å². The van der Waals surface area contributed by atoms with Crippen LogP contribution in [0.3, 0.4) is 0 Å². The minimum atomic E-state index is -3.87. The topological polar surface area (TPSA) is 156 Å². The number of halogens is 1. The van der Waals surface area contributed by atoms with Gasteiger partial charge in [-0.25, -0.2) is 32.6 Å². The van der Waals surface area contributed by atoms with Gasteiger partial charge in [-0.1, -0.05) is 30.0 Å². The molecule has 208 valence electrons. The third-order valence-corrected chi connectivity index (χ3v) is 9.09. The molecule has 0 bridgehead atoms. The van der Waals surface area contributed by atoms with Crippen LogP contribution in [0.4, 0.5) is 4.39 Å².